The van der Waals surface area contributed by atoms with Crippen LogP contribution in [0.25, 0.3) is 10.9 Å². The van der Waals surface area contributed by atoms with Gasteiger partial charge in [-0.1, -0.05) is 48.5 Å². The summed E-state index contributed by atoms with van der Waals surface area (Å²) in [5.41, 5.74) is 2.05. The molecule has 1 aromatic heterocycles. The van der Waals surface area contributed by atoms with Crippen LogP contribution in [0.15, 0.2) is 60.7 Å². The van der Waals surface area contributed by atoms with E-state index in [1.165, 1.54) is 0 Å². The number of hydrogen-bond donors (Lipinski definition) is 3. The molecule has 3 aromatic rings. The summed E-state index contributed by atoms with van der Waals surface area (Å²) >= 11 is 0. The molecule has 3 rings (SSSR count). The molecule has 0 aliphatic carbocycles. The Hall–Kier alpha value is -3.08. The topological polar surface area (TPSA) is 82.2 Å². The van der Waals surface area contributed by atoms with Crippen molar-refractivity contribution in [2.45, 2.75) is 12.5 Å². The first-order valence-corrected chi connectivity index (χ1v) is 7.29. The monoisotopic (exact) mass is 308 g/mol. The molecule has 1 heterocycles. The predicted molar refractivity (Wildman–Crippen MR) is 87.3 cm³/mol. The molecule has 0 aliphatic rings. The largest absolute Gasteiger partial charge is 0.480 e. The third kappa shape index (κ3) is 3.40. The Balaban J connectivity index is 1.76. The van der Waals surface area contributed by atoms with Crippen molar-refractivity contribution in [2.24, 2.45) is 0 Å². The van der Waals surface area contributed by atoms with Crippen LogP contribution < -0.4 is 5.32 Å². The zero-order chi connectivity index (χ0) is 16.2. The lowest BCUT2D eigenvalue weighted by Crippen LogP contribution is -2.42. The van der Waals surface area contributed by atoms with Crippen LogP contribution in [0.5, 0.6) is 0 Å². The van der Waals surface area contributed by atoms with E-state index in [2.05, 4.69) is 10.3 Å². The minimum atomic E-state index is -1.06. The fourth-order valence-electron chi connectivity index (χ4n) is 2.48. The van der Waals surface area contributed by atoms with Crippen LogP contribution >= 0.6 is 0 Å². The lowest BCUT2D eigenvalue weighted by atomic mass is 10.1. The summed E-state index contributed by atoms with van der Waals surface area (Å²) in [7, 11) is 0. The van der Waals surface area contributed by atoms with Crippen molar-refractivity contribution in [1.29, 1.82) is 0 Å². The average molecular weight is 308 g/mol. The van der Waals surface area contributed by atoms with Gasteiger partial charge in [-0.05, 0) is 17.7 Å². The minimum Gasteiger partial charge on any atom is -0.480 e. The Morgan fingerprint density at radius 1 is 1.04 bits per heavy atom. The van der Waals surface area contributed by atoms with Crippen molar-refractivity contribution < 1.29 is 14.7 Å². The number of aromatic amines is 1. The molecule has 0 radical (unpaired) electrons. The fraction of sp³-hybridized carbons (Fsp3) is 0.111. The fourth-order valence-corrected chi connectivity index (χ4v) is 2.48. The zero-order valence-electron chi connectivity index (χ0n) is 12.3. The third-order valence-electron chi connectivity index (χ3n) is 3.66. The van der Waals surface area contributed by atoms with E-state index in [0.29, 0.717) is 5.69 Å². The van der Waals surface area contributed by atoms with Crippen molar-refractivity contribution in [3.63, 3.8) is 0 Å². The number of carboxylic acid groups (broad SMARTS) is 1. The first-order chi connectivity index (χ1) is 11.1. The van der Waals surface area contributed by atoms with Gasteiger partial charge in [0.15, 0.2) is 0 Å². The highest BCUT2D eigenvalue weighted by Crippen LogP contribution is 2.15. The molecule has 1 amide bonds. The first-order valence-electron chi connectivity index (χ1n) is 7.29. The van der Waals surface area contributed by atoms with Gasteiger partial charge in [0, 0.05) is 17.3 Å². The second-order valence-electron chi connectivity index (χ2n) is 5.32. The molecule has 2 aromatic carbocycles. The lowest BCUT2D eigenvalue weighted by Gasteiger charge is -2.14. The molecule has 0 bridgehead atoms. The molecule has 5 nitrogen and oxygen atoms in total. The number of amides is 1. The van der Waals surface area contributed by atoms with Crippen molar-refractivity contribution in [3.05, 3.63) is 71.9 Å². The Kier molecular flexibility index (Phi) is 4.10. The second-order valence-corrected chi connectivity index (χ2v) is 5.32. The number of carbonyl (C=O) groups excluding carboxylic acids is 1. The number of carboxylic acids is 1. The summed E-state index contributed by atoms with van der Waals surface area (Å²) in [6, 6.07) is 17.5. The minimum absolute atomic E-state index is 0.238. The smallest absolute Gasteiger partial charge is 0.326 e. The molecule has 0 spiro atoms. The molecule has 0 fully saturated rings. The number of para-hydroxylation sites is 1. The number of H-pyrrole nitrogens is 1. The van der Waals surface area contributed by atoms with E-state index >= 15 is 0 Å². The van der Waals surface area contributed by atoms with Gasteiger partial charge in [-0.3, -0.25) is 4.79 Å². The summed E-state index contributed by atoms with van der Waals surface area (Å²) in [6.07, 6.45) is 0.238. The molecular formula is C18H16N2O3. The van der Waals surface area contributed by atoms with E-state index in [4.69, 9.17) is 0 Å². The molecule has 23 heavy (non-hydrogen) atoms. The van der Waals surface area contributed by atoms with Gasteiger partial charge in [-0.15, -0.1) is 0 Å². The van der Waals surface area contributed by atoms with Crippen molar-refractivity contribution in [3.8, 4) is 0 Å². The van der Waals surface area contributed by atoms with Gasteiger partial charge in [-0.25, -0.2) is 4.79 Å². The molecule has 116 valence electrons. The van der Waals surface area contributed by atoms with Crippen LogP contribution in [0.2, 0.25) is 0 Å². The summed E-state index contributed by atoms with van der Waals surface area (Å²) in [6.45, 7) is 0. The lowest BCUT2D eigenvalue weighted by molar-refractivity contribution is -0.139. The predicted octanol–water partition coefficient (Wildman–Crippen LogP) is 2.59. The van der Waals surface area contributed by atoms with Gasteiger partial charge in [0.1, 0.15) is 11.7 Å². The van der Waals surface area contributed by atoms with E-state index in [-0.39, 0.29) is 6.42 Å². The SMILES string of the molecule is O=C(N[C@H](Cc1ccccc1)C(=O)O)c1cc2ccccc2[nH]1. The van der Waals surface area contributed by atoms with Crippen LogP contribution in [-0.4, -0.2) is 28.0 Å². The van der Waals surface area contributed by atoms with Crippen molar-refractivity contribution in [2.75, 3.05) is 0 Å². The van der Waals surface area contributed by atoms with E-state index in [0.717, 1.165) is 16.5 Å². The number of aliphatic carboxylic acids is 1. The maximum absolute atomic E-state index is 12.3. The first kappa shape index (κ1) is 14.8. The second kappa shape index (κ2) is 6.36. The van der Waals surface area contributed by atoms with Gasteiger partial charge in [0.25, 0.3) is 5.91 Å². The van der Waals surface area contributed by atoms with Gasteiger partial charge in [0.05, 0.1) is 0 Å². The molecular weight excluding hydrogens is 292 g/mol. The average Bonchev–Trinajstić information content (AvgIpc) is 2.99. The molecule has 1 atom stereocenters. The maximum atomic E-state index is 12.3. The number of benzene rings is 2. The van der Waals surface area contributed by atoms with E-state index in [1.807, 2.05) is 54.6 Å². The molecule has 5 heteroatoms. The molecule has 0 unspecified atom stereocenters. The molecule has 3 N–H and O–H groups in total. The van der Waals surface area contributed by atoms with Gasteiger partial charge >= 0.3 is 5.97 Å². The van der Waals surface area contributed by atoms with Gasteiger partial charge in [0.2, 0.25) is 0 Å². The van der Waals surface area contributed by atoms with Crippen LogP contribution in [0, 0.1) is 0 Å². The van der Waals surface area contributed by atoms with Crippen LogP contribution in [0.1, 0.15) is 16.1 Å². The quantitative estimate of drug-likeness (QED) is 0.677. The molecule has 0 saturated carbocycles. The van der Waals surface area contributed by atoms with Crippen LogP contribution in [0.4, 0.5) is 0 Å². The zero-order valence-corrected chi connectivity index (χ0v) is 12.3. The Morgan fingerprint density at radius 2 is 1.74 bits per heavy atom. The summed E-state index contributed by atoms with van der Waals surface area (Å²) < 4.78 is 0. The highest BCUT2D eigenvalue weighted by Gasteiger charge is 2.21. The number of hydrogen-bond acceptors (Lipinski definition) is 2. The van der Waals surface area contributed by atoms with Crippen molar-refractivity contribution in [1.82, 2.24) is 10.3 Å². The number of fused-ring (bicyclic) bond motifs is 1. The third-order valence-corrected chi connectivity index (χ3v) is 3.66. The number of aromatic nitrogens is 1. The number of carbonyl (C=O) groups is 2. The van der Waals surface area contributed by atoms with E-state index in [1.54, 1.807) is 6.07 Å². The summed E-state index contributed by atoms with van der Waals surface area (Å²) in [4.78, 5) is 26.7. The summed E-state index contributed by atoms with van der Waals surface area (Å²) in [5.74, 6) is -1.48. The Morgan fingerprint density at radius 3 is 2.43 bits per heavy atom. The Bertz CT molecular complexity index is 807. The number of nitrogens with one attached hydrogen (secondary N) is 2. The summed E-state index contributed by atoms with van der Waals surface area (Å²) in [5, 5.41) is 12.8. The highest BCUT2D eigenvalue weighted by atomic mass is 16.4. The number of rotatable bonds is 5. The highest BCUT2D eigenvalue weighted by molar-refractivity contribution is 5.99. The molecule has 0 saturated heterocycles. The van der Waals surface area contributed by atoms with Crippen LogP contribution in [0.3, 0.4) is 0 Å². The Labute approximate surface area is 133 Å². The van der Waals surface area contributed by atoms with E-state index < -0.39 is 17.9 Å². The normalized spacial score (nSPS) is 12.0. The van der Waals surface area contributed by atoms with Crippen LogP contribution in [-0.2, 0) is 11.2 Å². The van der Waals surface area contributed by atoms with E-state index in [9.17, 15) is 14.7 Å². The van der Waals surface area contributed by atoms with Gasteiger partial charge in [-0.2, -0.15) is 0 Å². The van der Waals surface area contributed by atoms with Gasteiger partial charge < -0.3 is 15.4 Å². The maximum Gasteiger partial charge on any atom is 0.326 e. The molecule has 0 aliphatic heterocycles. The standard InChI is InChI=1S/C18H16N2O3/c21-17(15-11-13-8-4-5-9-14(13)19-15)20-16(18(22)23)10-12-6-2-1-3-7-12/h1-9,11,16,19H,10H2,(H,20,21)(H,22,23)/t16-/m1/s1. The van der Waals surface area contributed by atoms with Crippen molar-refractivity contribution >= 4 is 22.8 Å².